The summed E-state index contributed by atoms with van der Waals surface area (Å²) < 4.78 is 5.65. The molecule has 2 aromatic rings. The molecule has 4 nitrogen and oxygen atoms in total. The van der Waals surface area contributed by atoms with Crippen LogP contribution in [0.3, 0.4) is 0 Å². The Kier molecular flexibility index (Phi) is 4.48. The Bertz CT molecular complexity index is 649. The van der Waals surface area contributed by atoms with E-state index in [1.165, 1.54) is 19.3 Å². The van der Waals surface area contributed by atoms with Crippen molar-refractivity contribution in [1.29, 1.82) is 0 Å². The van der Waals surface area contributed by atoms with Crippen LogP contribution in [0.4, 0.5) is 0 Å². The molecule has 118 valence electrons. The van der Waals surface area contributed by atoms with Crippen molar-refractivity contribution in [3.63, 3.8) is 0 Å². The van der Waals surface area contributed by atoms with E-state index in [0.717, 1.165) is 24.0 Å². The Balaban J connectivity index is 1.63. The lowest BCUT2D eigenvalue weighted by molar-refractivity contribution is 0.0181. The fourth-order valence-corrected chi connectivity index (χ4v) is 3.28. The maximum atomic E-state index is 12.4. The summed E-state index contributed by atoms with van der Waals surface area (Å²) >= 11 is 0. The zero-order chi connectivity index (χ0) is 15.5. The highest BCUT2D eigenvalue weighted by atomic mass is 16.5. The van der Waals surface area contributed by atoms with E-state index in [2.05, 4.69) is 16.8 Å². The predicted molar refractivity (Wildman–Crippen MR) is 88.1 cm³/mol. The maximum Gasteiger partial charge on any atom is 0.340 e. The van der Waals surface area contributed by atoms with Crippen LogP contribution >= 0.6 is 0 Å². The van der Waals surface area contributed by atoms with Gasteiger partial charge in [0.25, 0.3) is 0 Å². The van der Waals surface area contributed by atoms with Crippen LogP contribution in [0.5, 0.6) is 0 Å². The number of nitrogens with one attached hydrogen (secondary N) is 1. The van der Waals surface area contributed by atoms with Gasteiger partial charge in [0.05, 0.1) is 5.56 Å². The van der Waals surface area contributed by atoms with Crippen molar-refractivity contribution in [2.24, 2.45) is 0 Å². The fraction of sp³-hybridized carbons (Fsp3) is 0.500. The van der Waals surface area contributed by atoms with E-state index in [1.54, 1.807) is 6.20 Å². The van der Waals surface area contributed by atoms with Crippen LogP contribution in [0, 0.1) is 0 Å². The number of likely N-dealkylation sites (tertiary alicyclic amines) is 1. The molecule has 0 bridgehead atoms. The standard InChI is InChI=1S/C18H24N2O2/c1-13-7-5-6-10-20(13)12-14(2)22-18(21)16-11-19-17-9-4-3-8-15(16)17/h3-4,8-9,11,13-14,19H,5-7,10,12H2,1-2H3. The monoisotopic (exact) mass is 300 g/mol. The number of hydrogen-bond acceptors (Lipinski definition) is 3. The number of ether oxygens (including phenoxy) is 1. The Morgan fingerprint density at radius 2 is 2.23 bits per heavy atom. The van der Waals surface area contributed by atoms with Gasteiger partial charge in [-0.05, 0) is 39.3 Å². The average molecular weight is 300 g/mol. The number of nitrogens with zero attached hydrogens (tertiary/aromatic N) is 1. The fourth-order valence-electron chi connectivity index (χ4n) is 3.28. The van der Waals surface area contributed by atoms with Crippen molar-refractivity contribution < 1.29 is 9.53 Å². The average Bonchev–Trinajstić information content (AvgIpc) is 2.93. The molecule has 1 aliphatic heterocycles. The second-order valence-corrected chi connectivity index (χ2v) is 6.30. The number of benzene rings is 1. The zero-order valence-corrected chi connectivity index (χ0v) is 13.3. The number of piperidine rings is 1. The summed E-state index contributed by atoms with van der Waals surface area (Å²) in [6.45, 7) is 6.16. The van der Waals surface area contributed by atoms with Crippen molar-refractivity contribution >= 4 is 16.9 Å². The van der Waals surface area contributed by atoms with Gasteiger partial charge in [0.15, 0.2) is 0 Å². The molecule has 1 saturated heterocycles. The van der Waals surface area contributed by atoms with Gasteiger partial charge in [0, 0.05) is 29.7 Å². The molecule has 0 radical (unpaired) electrons. The van der Waals surface area contributed by atoms with E-state index in [4.69, 9.17) is 4.74 Å². The third-order valence-electron chi connectivity index (χ3n) is 4.55. The Morgan fingerprint density at radius 3 is 3.05 bits per heavy atom. The highest BCUT2D eigenvalue weighted by Crippen LogP contribution is 2.20. The normalized spacial score (nSPS) is 20.9. The van der Waals surface area contributed by atoms with Gasteiger partial charge in [-0.3, -0.25) is 4.90 Å². The second-order valence-electron chi connectivity index (χ2n) is 6.30. The Hall–Kier alpha value is -1.81. The molecule has 2 unspecified atom stereocenters. The first-order valence-electron chi connectivity index (χ1n) is 8.16. The van der Waals surface area contributed by atoms with Gasteiger partial charge in [0.2, 0.25) is 0 Å². The first kappa shape index (κ1) is 15.1. The molecule has 2 atom stereocenters. The topological polar surface area (TPSA) is 45.3 Å². The van der Waals surface area contributed by atoms with Crippen LogP contribution in [0.1, 0.15) is 43.5 Å². The minimum Gasteiger partial charge on any atom is -0.458 e. The van der Waals surface area contributed by atoms with E-state index in [-0.39, 0.29) is 12.1 Å². The SMILES string of the molecule is CC(CN1CCCCC1C)OC(=O)c1c[nH]c2ccccc12. The lowest BCUT2D eigenvalue weighted by Gasteiger charge is -2.34. The van der Waals surface area contributed by atoms with Gasteiger partial charge in [-0.25, -0.2) is 4.79 Å². The minimum absolute atomic E-state index is 0.0956. The third kappa shape index (κ3) is 3.17. The number of aromatic amines is 1. The van der Waals surface area contributed by atoms with Crippen molar-refractivity contribution in [2.75, 3.05) is 13.1 Å². The molecule has 1 N–H and O–H groups in total. The molecule has 0 aliphatic carbocycles. The van der Waals surface area contributed by atoms with Crippen LogP contribution in [0.25, 0.3) is 10.9 Å². The molecule has 2 heterocycles. The highest BCUT2D eigenvalue weighted by Gasteiger charge is 2.22. The quantitative estimate of drug-likeness (QED) is 0.878. The van der Waals surface area contributed by atoms with E-state index in [1.807, 2.05) is 31.2 Å². The van der Waals surface area contributed by atoms with Crippen molar-refractivity contribution in [1.82, 2.24) is 9.88 Å². The van der Waals surface area contributed by atoms with E-state index >= 15 is 0 Å². The third-order valence-corrected chi connectivity index (χ3v) is 4.55. The number of para-hydroxylation sites is 1. The smallest absolute Gasteiger partial charge is 0.340 e. The summed E-state index contributed by atoms with van der Waals surface area (Å²) in [6.07, 6.45) is 5.43. The lowest BCUT2D eigenvalue weighted by atomic mass is 10.0. The predicted octanol–water partition coefficient (Wildman–Crippen LogP) is 3.59. The van der Waals surface area contributed by atoms with Gasteiger partial charge in [-0.15, -0.1) is 0 Å². The first-order valence-corrected chi connectivity index (χ1v) is 8.16. The Labute approximate surface area is 131 Å². The number of fused-ring (bicyclic) bond motifs is 1. The van der Waals surface area contributed by atoms with Gasteiger partial charge in [0.1, 0.15) is 6.10 Å². The molecule has 0 saturated carbocycles. The number of carbonyl (C=O) groups is 1. The summed E-state index contributed by atoms with van der Waals surface area (Å²) in [4.78, 5) is 17.9. The van der Waals surface area contributed by atoms with Crippen LogP contribution < -0.4 is 0 Å². The molecule has 4 heteroatoms. The van der Waals surface area contributed by atoms with Gasteiger partial charge < -0.3 is 9.72 Å². The zero-order valence-electron chi connectivity index (χ0n) is 13.3. The summed E-state index contributed by atoms with van der Waals surface area (Å²) in [5.41, 5.74) is 1.58. The molecular weight excluding hydrogens is 276 g/mol. The lowest BCUT2D eigenvalue weighted by Crippen LogP contribution is -2.42. The Morgan fingerprint density at radius 1 is 1.41 bits per heavy atom. The van der Waals surface area contributed by atoms with E-state index in [0.29, 0.717) is 11.6 Å². The highest BCUT2D eigenvalue weighted by molar-refractivity contribution is 6.04. The molecule has 3 rings (SSSR count). The van der Waals surface area contributed by atoms with Crippen molar-refractivity contribution in [3.8, 4) is 0 Å². The van der Waals surface area contributed by atoms with Gasteiger partial charge >= 0.3 is 5.97 Å². The van der Waals surface area contributed by atoms with Crippen molar-refractivity contribution in [3.05, 3.63) is 36.0 Å². The van der Waals surface area contributed by atoms with Crippen LogP contribution in [-0.4, -0.2) is 41.1 Å². The summed E-state index contributed by atoms with van der Waals surface area (Å²) in [7, 11) is 0. The molecule has 0 spiro atoms. The van der Waals surface area contributed by atoms with Crippen LogP contribution in [0.15, 0.2) is 30.5 Å². The number of carbonyl (C=O) groups excluding carboxylic acids is 1. The molecule has 22 heavy (non-hydrogen) atoms. The van der Waals surface area contributed by atoms with E-state index < -0.39 is 0 Å². The van der Waals surface area contributed by atoms with Gasteiger partial charge in [-0.2, -0.15) is 0 Å². The molecule has 1 aromatic heterocycles. The van der Waals surface area contributed by atoms with Crippen LogP contribution in [0.2, 0.25) is 0 Å². The summed E-state index contributed by atoms with van der Waals surface area (Å²) in [5, 5.41) is 0.922. The number of hydrogen-bond donors (Lipinski definition) is 1. The largest absolute Gasteiger partial charge is 0.458 e. The molecule has 0 amide bonds. The number of rotatable bonds is 4. The van der Waals surface area contributed by atoms with Crippen molar-refractivity contribution in [2.45, 2.75) is 45.3 Å². The van der Waals surface area contributed by atoms with E-state index in [9.17, 15) is 4.79 Å². The number of aromatic nitrogens is 1. The first-order chi connectivity index (χ1) is 10.6. The van der Waals surface area contributed by atoms with Gasteiger partial charge in [-0.1, -0.05) is 24.6 Å². The summed E-state index contributed by atoms with van der Waals surface area (Å²) in [5.74, 6) is -0.241. The number of H-pyrrole nitrogens is 1. The maximum absolute atomic E-state index is 12.4. The molecule has 1 fully saturated rings. The minimum atomic E-state index is -0.241. The molecular formula is C18H24N2O2. The molecule has 1 aromatic carbocycles. The number of esters is 1. The second kappa shape index (κ2) is 6.53. The summed E-state index contributed by atoms with van der Waals surface area (Å²) in [6, 6.07) is 8.38. The molecule has 1 aliphatic rings. The van der Waals surface area contributed by atoms with Crippen LogP contribution in [-0.2, 0) is 4.74 Å².